The van der Waals surface area contributed by atoms with Gasteiger partial charge in [-0.3, -0.25) is 0 Å². The molecule has 0 unspecified atom stereocenters. The number of hydrogen-bond acceptors (Lipinski definition) is 1. The van der Waals surface area contributed by atoms with E-state index in [1.807, 2.05) is 48.5 Å². The maximum atomic E-state index is 5.71. The molecule has 0 amide bonds. The van der Waals surface area contributed by atoms with Crippen molar-refractivity contribution in [3.8, 4) is 11.5 Å². The molecule has 0 saturated carbocycles. The van der Waals surface area contributed by atoms with Crippen molar-refractivity contribution in [2.45, 2.75) is 181 Å². The third kappa shape index (κ3) is 24.3. The van der Waals surface area contributed by atoms with Gasteiger partial charge < -0.3 is 4.74 Å². The quantitative estimate of drug-likeness (QED) is 0.147. The highest BCUT2D eigenvalue weighted by Crippen LogP contribution is 2.27. The minimum atomic E-state index is 0.500. The van der Waals surface area contributed by atoms with Crippen LogP contribution in [0.1, 0.15) is 209 Å². The normalized spacial score (nSPS) is 10.8. The van der Waals surface area contributed by atoms with Crippen LogP contribution in [-0.4, -0.2) is 0 Å². The molecule has 1 heteroatoms. The molecule has 0 radical (unpaired) electrons. The van der Waals surface area contributed by atoms with Gasteiger partial charge in [-0.05, 0) is 170 Å². The first-order valence-electron chi connectivity index (χ1n) is 29.8. The lowest BCUT2D eigenvalue weighted by molar-refractivity contribution is 0.283. The molecule has 0 fully saturated rings. The second-order valence-corrected chi connectivity index (χ2v) is 24.7. The fourth-order valence-electron chi connectivity index (χ4n) is 8.26. The Hall–Kier alpha value is -6.70. The van der Waals surface area contributed by atoms with Crippen LogP contribution in [0.4, 0.5) is 0 Å². The molecule has 80 heavy (non-hydrogen) atoms. The maximum Gasteiger partial charge on any atom is 0.127 e. The van der Waals surface area contributed by atoms with Crippen LogP contribution >= 0.6 is 0 Å². The van der Waals surface area contributed by atoms with E-state index in [-0.39, 0.29) is 0 Å². The van der Waals surface area contributed by atoms with Gasteiger partial charge in [-0.2, -0.15) is 0 Å². The molecule has 426 valence electrons. The van der Waals surface area contributed by atoms with E-state index in [0.717, 1.165) is 17.4 Å². The lowest BCUT2D eigenvalue weighted by Crippen LogP contribution is -2.12. The average Bonchev–Trinajstić information content (AvgIpc) is 3.43. The molecule has 9 aromatic rings. The van der Waals surface area contributed by atoms with E-state index in [0.29, 0.717) is 40.9 Å². The predicted molar refractivity (Wildman–Crippen MR) is 358 cm³/mol. The van der Waals surface area contributed by atoms with E-state index in [4.69, 9.17) is 4.74 Å². The van der Waals surface area contributed by atoms with Crippen LogP contribution in [0.2, 0.25) is 0 Å². The van der Waals surface area contributed by atoms with Crippen LogP contribution in [0.25, 0.3) is 21.5 Å². The Balaban J connectivity index is 0.000000248. The Morgan fingerprint density at radius 1 is 0.287 bits per heavy atom. The van der Waals surface area contributed by atoms with E-state index < -0.39 is 0 Å². The highest BCUT2D eigenvalue weighted by Gasteiger charge is 2.14. The lowest BCUT2D eigenvalue weighted by Gasteiger charge is -2.22. The van der Waals surface area contributed by atoms with Crippen LogP contribution in [0.5, 0.6) is 11.5 Å². The number of aryl methyl sites for hydroxylation is 4. The second kappa shape index (κ2) is 34.4. The molecule has 0 bridgehead atoms. The summed E-state index contributed by atoms with van der Waals surface area (Å²) in [6.07, 6.45) is 0. The number of para-hydroxylation sites is 1. The first-order valence-corrected chi connectivity index (χ1v) is 29.8. The lowest BCUT2D eigenvalue weighted by atomic mass is 9.84. The molecule has 0 aliphatic carbocycles. The van der Waals surface area contributed by atoms with Gasteiger partial charge in [0.25, 0.3) is 0 Å². The summed E-state index contributed by atoms with van der Waals surface area (Å²) in [5, 5.41) is 5.40. The third-order valence-corrected chi connectivity index (χ3v) is 14.9. The van der Waals surface area contributed by atoms with E-state index in [2.05, 4.69) is 303 Å². The Labute approximate surface area is 489 Å². The first kappa shape index (κ1) is 67.6. The molecule has 0 aliphatic rings. The van der Waals surface area contributed by atoms with Gasteiger partial charge in [0, 0.05) is 0 Å². The highest BCUT2D eigenvalue weighted by molar-refractivity contribution is 5.86. The van der Waals surface area contributed by atoms with Crippen molar-refractivity contribution >= 4 is 21.5 Å². The third-order valence-electron chi connectivity index (χ3n) is 14.9. The van der Waals surface area contributed by atoms with E-state index in [1.54, 1.807) is 0 Å². The summed E-state index contributed by atoms with van der Waals surface area (Å²) in [4.78, 5) is 0. The predicted octanol–water partition coefficient (Wildman–Crippen LogP) is 24.9. The average molecular weight is 1070 g/mol. The van der Waals surface area contributed by atoms with Crippen molar-refractivity contribution in [2.75, 3.05) is 0 Å². The van der Waals surface area contributed by atoms with Crippen molar-refractivity contribution in [1.29, 1.82) is 0 Å². The summed E-state index contributed by atoms with van der Waals surface area (Å²) in [6, 6.07) is 72.2. The zero-order valence-electron chi connectivity index (χ0n) is 53.6. The largest absolute Gasteiger partial charge is 0.457 e. The van der Waals surface area contributed by atoms with Gasteiger partial charge in [-0.1, -0.05) is 305 Å². The topological polar surface area (TPSA) is 9.23 Å². The summed E-state index contributed by atoms with van der Waals surface area (Å²) in [5.41, 5.74) is 14.6. The van der Waals surface area contributed by atoms with E-state index in [1.165, 1.54) is 77.2 Å². The highest BCUT2D eigenvalue weighted by atomic mass is 16.5. The Morgan fingerprint density at radius 2 is 0.675 bits per heavy atom. The fourth-order valence-corrected chi connectivity index (χ4v) is 8.26. The second-order valence-electron chi connectivity index (χ2n) is 24.7. The molecular weight excluding hydrogens is 965 g/mol. The fraction of sp³-hybridized carbons (Fsp3) is 0.367. The van der Waals surface area contributed by atoms with Crippen LogP contribution in [0.15, 0.2) is 206 Å². The van der Waals surface area contributed by atoms with Gasteiger partial charge in [0.1, 0.15) is 11.5 Å². The summed E-state index contributed by atoms with van der Waals surface area (Å²) in [5.74, 6) is 6.29. The van der Waals surface area contributed by atoms with Crippen LogP contribution in [0, 0.1) is 39.0 Å². The van der Waals surface area contributed by atoms with Gasteiger partial charge in [0.05, 0.1) is 0 Å². The number of benzene rings is 9. The molecule has 0 spiro atoms. The summed E-state index contributed by atoms with van der Waals surface area (Å²) in [6.45, 7) is 46.6. The number of rotatable bonds is 8. The molecule has 0 N–H and O–H groups in total. The van der Waals surface area contributed by atoms with Crippen molar-refractivity contribution < 1.29 is 4.74 Å². The van der Waals surface area contributed by atoms with Crippen LogP contribution < -0.4 is 4.74 Å². The van der Waals surface area contributed by atoms with E-state index in [9.17, 15) is 0 Å². The minimum absolute atomic E-state index is 0.500. The maximum absolute atomic E-state index is 5.71. The van der Waals surface area contributed by atoms with Gasteiger partial charge in [-0.15, -0.1) is 0 Å². The Bertz CT molecular complexity index is 3080. The molecule has 0 atom stereocenters. The molecule has 9 aromatic carbocycles. The molecular formula is C79H104O. The molecule has 9 rings (SSSR count). The van der Waals surface area contributed by atoms with Crippen LogP contribution in [-0.2, 0) is 0 Å². The van der Waals surface area contributed by atoms with E-state index >= 15 is 0 Å². The first-order chi connectivity index (χ1) is 37.8. The molecule has 0 aromatic heterocycles. The standard InChI is InChI=1S/C15H16O.2C13H14.C12H18.C10H14.C9H12.C7H16/c1-12(2)13-8-10-15(11-9-13)16-14-6-4-3-5-7-14;1-10(2)12-9-5-7-11-6-3-4-8-13(11)12;1-10(2)12-8-7-11-5-3-4-6-13(11)9-12;1-8(2)12-7-10(4)9(3)6-11(12)5;1-8(2)10-6-4-9(3)5-7-10;1-8(2)9-6-4-3-5-7-9;1-6(2)7(3,4)5/h3-12H,1-2H3;2*3-10H,1-2H3;6-8H,1-5H3;4-8H,1-3H3;3-8H,1-2H3;6H,1-5H3. The minimum Gasteiger partial charge on any atom is -0.457 e. The Morgan fingerprint density at radius 3 is 1.15 bits per heavy atom. The SMILES string of the molecule is CC(C)C(C)(C)C.CC(C)c1ccc(Oc2ccccc2)cc1.CC(C)c1ccc2ccccc2c1.CC(C)c1cccc2ccccc12.CC(C)c1ccccc1.Cc1cc(C)c(C(C)C)cc1C.Cc1ccc(C(C)C)cc1. The zero-order valence-corrected chi connectivity index (χ0v) is 53.6. The molecule has 0 heterocycles. The number of hydrogen-bond donors (Lipinski definition) is 0. The number of fused-ring (bicyclic) bond motifs is 2. The van der Waals surface area contributed by atoms with Crippen molar-refractivity contribution in [2.24, 2.45) is 11.3 Å². The molecule has 0 aliphatic heterocycles. The van der Waals surface area contributed by atoms with Gasteiger partial charge in [-0.25, -0.2) is 0 Å². The number of ether oxygens (including phenoxy) is 1. The summed E-state index contributed by atoms with van der Waals surface area (Å²) < 4.78 is 5.71. The summed E-state index contributed by atoms with van der Waals surface area (Å²) >= 11 is 0. The van der Waals surface area contributed by atoms with Gasteiger partial charge in [0.2, 0.25) is 0 Å². The molecule has 1 nitrogen and oxygen atoms in total. The van der Waals surface area contributed by atoms with Crippen LogP contribution in [0.3, 0.4) is 0 Å². The molecule has 0 saturated heterocycles. The summed E-state index contributed by atoms with van der Waals surface area (Å²) in [7, 11) is 0. The zero-order chi connectivity index (χ0) is 59.5. The van der Waals surface area contributed by atoms with Crippen molar-refractivity contribution in [3.05, 3.63) is 262 Å². The van der Waals surface area contributed by atoms with Gasteiger partial charge >= 0.3 is 0 Å². The Kier molecular flexibility index (Phi) is 29.1. The van der Waals surface area contributed by atoms with Crippen molar-refractivity contribution in [3.63, 3.8) is 0 Å². The van der Waals surface area contributed by atoms with Crippen molar-refractivity contribution in [1.82, 2.24) is 0 Å². The monoisotopic (exact) mass is 1070 g/mol. The van der Waals surface area contributed by atoms with Gasteiger partial charge in [0.15, 0.2) is 0 Å². The smallest absolute Gasteiger partial charge is 0.127 e.